The monoisotopic (exact) mass is 228 g/mol. The van der Waals surface area contributed by atoms with Gasteiger partial charge in [-0.15, -0.1) is 0 Å². The maximum atomic E-state index is 2.62. The molecule has 0 fully saturated rings. The molecule has 11 heavy (non-hydrogen) atoms. The molecule has 0 saturated heterocycles. The summed E-state index contributed by atoms with van der Waals surface area (Å²) in [5.41, 5.74) is 0. The van der Waals surface area contributed by atoms with E-state index in [-0.39, 0.29) is 19.5 Å². The van der Waals surface area contributed by atoms with E-state index in [9.17, 15) is 0 Å². The van der Waals surface area contributed by atoms with Crippen LogP contribution in [-0.2, 0) is 19.5 Å². The van der Waals surface area contributed by atoms with Crippen LogP contribution in [-0.4, -0.2) is 0 Å². The van der Waals surface area contributed by atoms with Crippen LogP contribution in [0.25, 0.3) is 0 Å². The normalized spacial score (nSPS) is 7.27. The van der Waals surface area contributed by atoms with Gasteiger partial charge in [-0.25, -0.2) is 12.1 Å². The minimum atomic E-state index is 0. The van der Waals surface area contributed by atoms with E-state index in [4.69, 9.17) is 0 Å². The molecule has 0 atom stereocenters. The second-order valence-electron chi connectivity index (χ2n) is 1.65. The Hall–Kier alpha value is -0.677. The molecular formula is C10H6Ru-6. The van der Waals surface area contributed by atoms with Crippen LogP contribution in [0.15, 0.2) is 36.4 Å². The SMILES string of the molecule is [Ru].[c-]1[c-][c-][cH-][c-]1.c1cc[cH-]c1. The van der Waals surface area contributed by atoms with Crippen molar-refractivity contribution in [3.05, 3.63) is 60.7 Å². The third kappa shape index (κ3) is 5.75. The van der Waals surface area contributed by atoms with E-state index < -0.39 is 0 Å². The fourth-order valence-corrected chi connectivity index (χ4v) is 0.501. The van der Waals surface area contributed by atoms with Gasteiger partial charge in [0.05, 0.1) is 0 Å². The van der Waals surface area contributed by atoms with Gasteiger partial charge in [0.25, 0.3) is 0 Å². The third-order valence-electron chi connectivity index (χ3n) is 0.907. The van der Waals surface area contributed by atoms with Crippen molar-refractivity contribution in [2.45, 2.75) is 0 Å². The Bertz CT molecular complexity index is 144. The van der Waals surface area contributed by atoms with E-state index in [0.717, 1.165) is 0 Å². The summed E-state index contributed by atoms with van der Waals surface area (Å²) in [5.74, 6) is 0. The fourth-order valence-electron chi connectivity index (χ4n) is 0.501. The molecule has 0 heterocycles. The topological polar surface area (TPSA) is 0 Å². The van der Waals surface area contributed by atoms with Crippen molar-refractivity contribution in [3.8, 4) is 0 Å². The van der Waals surface area contributed by atoms with Gasteiger partial charge in [0, 0.05) is 19.5 Å². The molecule has 0 aliphatic heterocycles. The van der Waals surface area contributed by atoms with Crippen molar-refractivity contribution in [1.29, 1.82) is 0 Å². The summed E-state index contributed by atoms with van der Waals surface area (Å²) in [4.78, 5) is 0. The molecule has 0 amide bonds. The maximum Gasteiger partial charge on any atom is 0 e. The van der Waals surface area contributed by atoms with E-state index in [2.05, 4.69) is 24.3 Å². The predicted molar refractivity (Wildman–Crippen MR) is 39.4 cm³/mol. The second kappa shape index (κ2) is 7.43. The van der Waals surface area contributed by atoms with Crippen LogP contribution in [0, 0.1) is 24.3 Å². The smallest absolute Gasteiger partial charge is 0 e. The minimum absolute atomic E-state index is 0. The van der Waals surface area contributed by atoms with Crippen molar-refractivity contribution in [1.82, 2.24) is 0 Å². The third-order valence-corrected chi connectivity index (χ3v) is 0.907. The first-order valence-electron chi connectivity index (χ1n) is 2.99. The molecular weight excluding hydrogens is 221 g/mol. The van der Waals surface area contributed by atoms with Crippen molar-refractivity contribution in [3.63, 3.8) is 0 Å². The summed E-state index contributed by atoms with van der Waals surface area (Å²) < 4.78 is 0. The summed E-state index contributed by atoms with van der Waals surface area (Å²) >= 11 is 0. The van der Waals surface area contributed by atoms with E-state index in [1.54, 1.807) is 6.07 Å². The van der Waals surface area contributed by atoms with Gasteiger partial charge in [-0.1, -0.05) is 0 Å². The van der Waals surface area contributed by atoms with Crippen LogP contribution < -0.4 is 0 Å². The van der Waals surface area contributed by atoms with Gasteiger partial charge in [0.1, 0.15) is 0 Å². The Labute approximate surface area is 80.4 Å². The van der Waals surface area contributed by atoms with Gasteiger partial charge in [-0.3, -0.25) is 0 Å². The molecule has 2 aromatic rings. The largest absolute Gasteiger partial charge is 0.999 e. The molecule has 0 bridgehead atoms. The van der Waals surface area contributed by atoms with Gasteiger partial charge in [0.15, 0.2) is 0 Å². The van der Waals surface area contributed by atoms with Crippen molar-refractivity contribution in [2.75, 3.05) is 0 Å². The molecule has 0 N–H and O–H groups in total. The van der Waals surface area contributed by atoms with Crippen LogP contribution in [0.2, 0.25) is 0 Å². The first kappa shape index (κ1) is 10.3. The molecule has 0 unspecified atom stereocenters. The van der Waals surface area contributed by atoms with Crippen molar-refractivity contribution >= 4 is 0 Å². The van der Waals surface area contributed by atoms with E-state index in [0.29, 0.717) is 0 Å². The van der Waals surface area contributed by atoms with Crippen LogP contribution in [0.4, 0.5) is 0 Å². The summed E-state index contributed by atoms with van der Waals surface area (Å²) in [6.07, 6.45) is 0. The molecule has 0 spiro atoms. The Morgan fingerprint density at radius 2 is 1.45 bits per heavy atom. The predicted octanol–water partition coefficient (Wildman–Crippen LogP) is 2.01. The Balaban J connectivity index is 0.000000167. The molecule has 0 saturated carbocycles. The van der Waals surface area contributed by atoms with Gasteiger partial charge in [0.2, 0.25) is 0 Å². The molecule has 2 rings (SSSR count). The van der Waals surface area contributed by atoms with E-state index in [1.807, 2.05) is 30.3 Å². The zero-order chi connectivity index (χ0) is 7.07. The minimum Gasteiger partial charge on any atom is -0.999 e. The molecule has 0 nitrogen and oxygen atoms in total. The zero-order valence-corrected chi connectivity index (χ0v) is 7.56. The summed E-state index contributed by atoms with van der Waals surface area (Å²) in [6.45, 7) is 0. The Morgan fingerprint density at radius 3 is 1.64 bits per heavy atom. The molecule has 0 aliphatic carbocycles. The second-order valence-corrected chi connectivity index (χ2v) is 1.65. The number of hydrogen-bond donors (Lipinski definition) is 0. The summed E-state index contributed by atoms with van der Waals surface area (Å²) in [5, 5.41) is 0. The van der Waals surface area contributed by atoms with Gasteiger partial charge in [-0.2, -0.15) is 18.2 Å². The average molecular weight is 227 g/mol. The van der Waals surface area contributed by atoms with E-state index in [1.165, 1.54) is 0 Å². The standard InChI is InChI=1S/C5H5.C5H.Ru/c2*1-2-4-5-3-1;/h1-5H;1H;/q-1;-5;. The zero-order valence-electron chi connectivity index (χ0n) is 5.82. The van der Waals surface area contributed by atoms with Gasteiger partial charge in [-0.05, 0) is 0 Å². The molecule has 0 radical (unpaired) electrons. The first-order chi connectivity index (χ1) is 5.00. The Morgan fingerprint density at radius 1 is 0.909 bits per heavy atom. The first-order valence-corrected chi connectivity index (χ1v) is 2.99. The molecule has 60 valence electrons. The number of rotatable bonds is 0. The quantitative estimate of drug-likeness (QED) is 0.477. The van der Waals surface area contributed by atoms with Gasteiger partial charge >= 0.3 is 0 Å². The fraction of sp³-hybridized carbons (Fsp3) is 0. The Kier molecular flexibility index (Phi) is 6.97. The van der Waals surface area contributed by atoms with Crippen molar-refractivity contribution in [2.24, 2.45) is 0 Å². The molecule has 1 heteroatoms. The van der Waals surface area contributed by atoms with E-state index >= 15 is 0 Å². The molecule has 2 aromatic carbocycles. The van der Waals surface area contributed by atoms with Crippen LogP contribution >= 0.6 is 0 Å². The van der Waals surface area contributed by atoms with Crippen LogP contribution in [0.5, 0.6) is 0 Å². The average Bonchev–Trinajstić information content (AvgIpc) is 2.67. The van der Waals surface area contributed by atoms with Crippen LogP contribution in [0.3, 0.4) is 0 Å². The van der Waals surface area contributed by atoms with Crippen molar-refractivity contribution < 1.29 is 19.5 Å². The summed E-state index contributed by atoms with van der Waals surface area (Å²) in [7, 11) is 0. The molecule has 0 aromatic heterocycles. The molecule has 0 aliphatic rings. The maximum absolute atomic E-state index is 2.62. The number of hydrogen-bond acceptors (Lipinski definition) is 0. The van der Waals surface area contributed by atoms with Crippen LogP contribution in [0.1, 0.15) is 0 Å². The van der Waals surface area contributed by atoms with Gasteiger partial charge < -0.3 is 30.3 Å². The summed E-state index contributed by atoms with van der Waals surface area (Å²) in [6, 6.07) is 22.0.